The van der Waals surface area contributed by atoms with E-state index in [-0.39, 0.29) is 22.7 Å². The molecular formula is C11H13ClFNO4S. The maximum absolute atomic E-state index is 14.1. The topological polar surface area (TPSA) is 63.7 Å². The molecule has 0 aliphatic carbocycles. The predicted molar refractivity (Wildman–Crippen MR) is 69.1 cm³/mol. The average molecular weight is 310 g/mol. The molecule has 0 saturated heterocycles. The second-order valence-corrected chi connectivity index (χ2v) is 6.39. The third kappa shape index (κ3) is 3.65. The molecule has 1 rings (SSSR count). The highest BCUT2D eigenvalue weighted by Gasteiger charge is 2.21. The van der Waals surface area contributed by atoms with Crippen molar-refractivity contribution in [2.75, 3.05) is 20.4 Å². The van der Waals surface area contributed by atoms with Gasteiger partial charge in [-0.3, -0.25) is 0 Å². The Labute approximate surface area is 116 Å². The minimum Gasteiger partial charge on any atom is -0.465 e. The molecule has 0 aliphatic heterocycles. The van der Waals surface area contributed by atoms with Gasteiger partial charge in [0.05, 0.1) is 18.9 Å². The van der Waals surface area contributed by atoms with Gasteiger partial charge in [0.25, 0.3) is 0 Å². The molecule has 0 N–H and O–H groups in total. The summed E-state index contributed by atoms with van der Waals surface area (Å²) in [4.78, 5) is 11.3. The highest BCUT2D eigenvalue weighted by Crippen LogP contribution is 2.24. The van der Waals surface area contributed by atoms with Crippen LogP contribution in [0.3, 0.4) is 0 Å². The zero-order chi connectivity index (χ0) is 14.8. The molecule has 0 bridgehead atoms. The van der Waals surface area contributed by atoms with Gasteiger partial charge in [-0.05, 0) is 12.1 Å². The Balaban J connectivity index is 3.24. The summed E-state index contributed by atoms with van der Waals surface area (Å²) >= 11 is 5.83. The normalized spacial score (nSPS) is 11.7. The van der Waals surface area contributed by atoms with Crippen LogP contribution in [0.2, 0.25) is 5.02 Å². The van der Waals surface area contributed by atoms with Gasteiger partial charge in [0, 0.05) is 24.2 Å². The average Bonchev–Trinajstić information content (AvgIpc) is 2.32. The predicted octanol–water partition coefficient (Wildman–Crippen LogP) is 1.66. The van der Waals surface area contributed by atoms with Crippen LogP contribution in [0.15, 0.2) is 12.1 Å². The number of rotatable bonds is 4. The number of esters is 1. The number of halogens is 2. The molecule has 0 heterocycles. The highest BCUT2D eigenvalue weighted by molar-refractivity contribution is 7.88. The van der Waals surface area contributed by atoms with Gasteiger partial charge in [0.15, 0.2) is 0 Å². The number of carbonyl (C=O) groups excluding carboxylic acids is 1. The van der Waals surface area contributed by atoms with Gasteiger partial charge in [-0.25, -0.2) is 21.9 Å². The molecule has 1 aromatic rings. The molecule has 5 nitrogen and oxygen atoms in total. The lowest BCUT2D eigenvalue weighted by molar-refractivity contribution is 0.0595. The molecule has 0 aliphatic rings. The molecule has 0 saturated carbocycles. The summed E-state index contributed by atoms with van der Waals surface area (Å²) in [5.41, 5.74) is -0.360. The smallest absolute Gasteiger partial charge is 0.340 e. The fourth-order valence-corrected chi connectivity index (χ4v) is 1.92. The minimum absolute atomic E-state index is 0.0423. The molecule has 0 radical (unpaired) electrons. The van der Waals surface area contributed by atoms with E-state index in [4.69, 9.17) is 11.6 Å². The van der Waals surface area contributed by atoms with E-state index in [1.807, 2.05) is 0 Å². The van der Waals surface area contributed by atoms with Crippen molar-refractivity contribution in [2.45, 2.75) is 6.54 Å². The van der Waals surface area contributed by atoms with E-state index in [1.165, 1.54) is 19.2 Å². The van der Waals surface area contributed by atoms with Gasteiger partial charge < -0.3 is 4.74 Å². The van der Waals surface area contributed by atoms with Crippen molar-refractivity contribution in [1.82, 2.24) is 4.31 Å². The van der Waals surface area contributed by atoms with Crippen molar-refractivity contribution in [3.63, 3.8) is 0 Å². The molecule has 106 valence electrons. The van der Waals surface area contributed by atoms with Crippen LogP contribution in [-0.4, -0.2) is 39.1 Å². The van der Waals surface area contributed by atoms with E-state index in [9.17, 15) is 17.6 Å². The summed E-state index contributed by atoms with van der Waals surface area (Å²) in [6.07, 6.45) is 0.989. The maximum atomic E-state index is 14.1. The largest absolute Gasteiger partial charge is 0.465 e. The Bertz CT molecular complexity index is 603. The van der Waals surface area contributed by atoms with Crippen LogP contribution in [0.25, 0.3) is 0 Å². The number of sulfonamides is 1. The number of hydrogen-bond donors (Lipinski definition) is 0. The third-order valence-electron chi connectivity index (χ3n) is 2.54. The van der Waals surface area contributed by atoms with Gasteiger partial charge in [-0.15, -0.1) is 0 Å². The van der Waals surface area contributed by atoms with E-state index in [2.05, 4.69) is 4.74 Å². The second kappa shape index (κ2) is 5.85. The lowest BCUT2D eigenvalue weighted by Crippen LogP contribution is -2.26. The number of nitrogens with zero attached hydrogens (tertiary/aromatic N) is 1. The number of hydrogen-bond acceptors (Lipinski definition) is 4. The molecule has 0 aromatic heterocycles. The van der Waals surface area contributed by atoms with Crippen LogP contribution in [-0.2, 0) is 21.3 Å². The van der Waals surface area contributed by atoms with Crippen LogP contribution >= 0.6 is 11.6 Å². The van der Waals surface area contributed by atoms with Crippen LogP contribution < -0.4 is 0 Å². The Hall–Kier alpha value is -1.18. The molecule has 0 fully saturated rings. The maximum Gasteiger partial charge on any atom is 0.340 e. The standard InChI is InChI=1S/C11H13ClFNO4S/c1-14(19(3,16)17)6-8-9(12)5-4-7(10(8)13)11(15)18-2/h4-5H,6H2,1-3H3. The van der Waals surface area contributed by atoms with Crippen LogP contribution in [0.5, 0.6) is 0 Å². The first-order chi connectivity index (χ1) is 8.68. The van der Waals surface area contributed by atoms with Crippen molar-refractivity contribution < 1.29 is 22.3 Å². The Morgan fingerprint density at radius 3 is 2.53 bits per heavy atom. The Morgan fingerprint density at radius 1 is 1.47 bits per heavy atom. The summed E-state index contributed by atoms with van der Waals surface area (Å²) in [5, 5.41) is 0.0423. The first-order valence-corrected chi connectivity index (χ1v) is 7.37. The molecule has 0 spiro atoms. The third-order valence-corrected chi connectivity index (χ3v) is 4.15. The van der Waals surface area contributed by atoms with Gasteiger partial charge in [0.1, 0.15) is 5.82 Å². The van der Waals surface area contributed by atoms with E-state index >= 15 is 0 Å². The van der Waals surface area contributed by atoms with Crippen molar-refractivity contribution >= 4 is 27.6 Å². The summed E-state index contributed by atoms with van der Waals surface area (Å²) < 4.78 is 42.1. The molecule has 0 amide bonds. The number of carbonyl (C=O) groups is 1. The van der Waals surface area contributed by atoms with Crippen LogP contribution in [0.4, 0.5) is 4.39 Å². The summed E-state index contributed by atoms with van der Waals surface area (Å²) in [5.74, 6) is -1.73. The lowest BCUT2D eigenvalue weighted by atomic mass is 10.1. The van der Waals surface area contributed by atoms with Crippen molar-refractivity contribution in [3.05, 3.63) is 34.1 Å². The van der Waals surface area contributed by atoms with Gasteiger partial charge in [-0.2, -0.15) is 0 Å². The monoisotopic (exact) mass is 309 g/mol. The van der Waals surface area contributed by atoms with E-state index in [1.54, 1.807) is 0 Å². The van der Waals surface area contributed by atoms with Crippen molar-refractivity contribution in [1.29, 1.82) is 0 Å². The first-order valence-electron chi connectivity index (χ1n) is 5.15. The zero-order valence-corrected chi connectivity index (χ0v) is 12.2. The van der Waals surface area contributed by atoms with Crippen molar-refractivity contribution in [3.8, 4) is 0 Å². The highest BCUT2D eigenvalue weighted by atomic mass is 35.5. The van der Waals surface area contributed by atoms with E-state index < -0.39 is 21.8 Å². The molecule has 19 heavy (non-hydrogen) atoms. The fourth-order valence-electron chi connectivity index (χ4n) is 1.35. The van der Waals surface area contributed by atoms with Crippen LogP contribution in [0, 0.1) is 5.82 Å². The fraction of sp³-hybridized carbons (Fsp3) is 0.364. The first kappa shape index (κ1) is 15.9. The summed E-state index contributed by atoms with van der Waals surface area (Å²) in [6.45, 7) is -0.270. The zero-order valence-electron chi connectivity index (χ0n) is 10.6. The van der Waals surface area contributed by atoms with Gasteiger partial charge in [-0.1, -0.05) is 11.6 Å². The molecule has 8 heteroatoms. The molecule has 1 aromatic carbocycles. The SMILES string of the molecule is COC(=O)c1ccc(Cl)c(CN(C)S(C)(=O)=O)c1F. The number of benzene rings is 1. The summed E-state index contributed by atoms with van der Waals surface area (Å²) in [6, 6.07) is 2.51. The molecule has 0 atom stereocenters. The number of ether oxygens (including phenoxy) is 1. The molecular weight excluding hydrogens is 297 g/mol. The second-order valence-electron chi connectivity index (χ2n) is 3.90. The quantitative estimate of drug-likeness (QED) is 0.794. The van der Waals surface area contributed by atoms with Crippen molar-refractivity contribution in [2.24, 2.45) is 0 Å². The minimum atomic E-state index is -3.48. The Morgan fingerprint density at radius 2 is 2.05 bits per heavy atom. The lowest BCUT2D eigenvalue weighted by Gasteiger charge is -2.16. The Kier molecular flexibility index (Phi) is 4.89. The van der Waals surface area contributed by atoms with Crippen LogP contribution in [0.1, 0.15) is 15.9 Å². The van der Waals surface area contributed by atoms with E-state index in [0.717, 1.165) is 17.7 Å². The van der Waals surface area contributed by atoms with Gasteiger partial charge in [0.2, 0.25) is 10.0 Å². The molecule has 0 unspecified atom stereocenters. The van der Waals surface area contributed by atoms with Gasteiger partial charge >= 0.3 is 5.97 Å². The summed E-state index contributed by atoms with van der Waals surface area (Å²) in [7, 11) is -1.07. The van der Waals surface area contributed by atoms with E-state index in [0.29, 0.717) is 0 Å². The number of methoxy groups -OCH3 is 1.